The van der Waals surface area contributed by atoms with Crippen LogP contribution in [0.5, 0.6) is 11.5 Å². The molecule has 1 aliphatic rings. The van der Waals surface area contributed by atoms with Crippen LogP contribution in [-0.4, -0.2) is 63.7 Å². The number of carbonyl (C=O) groups excluding carboxylic acids is 1. The van der Waals surface area contributed by atoms with Gasteiger partial charge in [0, 0.05) is 42.4 Å². The van der Waals surface area contributed by atoms with Gasteiger partial charge in [0.1, 0.15) is 12.0 Å². The van der Waals surface area contributed by atoms with Crippen LogP contribution < -0.4 is 9.47 Å². The van der Waals surface area contributed by atoms with Crippen LogP contribution in [0.2, 0.25) is 0 Å². The molecule has 1 saturated heterocycles. The largest absolute Gasteiger partial charge is 0.493 e. The maximum Gasteiger partial charge on any atom is 0.415 e. The van der Waals surface area contributed by atoms with Crippen molar-refractivity contribution in [3.63, 3.8) is 0 Å². The minimum atomic E-state index is -0.447. The number of aromatic nitrogens is 4. The molecule has 2 aromatic carbocycles. The van der Waals surface area contributed by atoms with Crippen molar-refractivity contribution in [2.45, 2.75) is 13.0 Å². The lowest BCUT2D eigenvalue weighted by atomic mass is 10.0. The van der Waals surface area contributed by atoms with Gasteiger partial charge in [-0.15, -0.1) is 0 Å². The summed E-state index contributed by atoms with van der Waals surface area (Å²) in [5.41, 5.74) is 4.00. The lowest BCUT2D eigenvalue weighted by Gasteiger charge is -2.30. The Kier molecular flexibility index (Phi) is 5.85. The normalized spacial score (nSPS) is 16.0. The van der Waals surface area contributed by atoms with Gasteiger partial charge in [0.25, 0.3) is 0 Å². The second-order valence-corrected chi connectivity index (χ2v) is 8.17. The minimum absolute atomic E-state index is 0.0400. The summed E-state index contributed by atoms with van der Waals surface area (Å²) in [5.74, 6) is 0.724. The van der Waals surface area contributed by atoms with Crippen molar-refractivity contribution in [3.8, 4) is 34.0 Å². The van der Waals surface area contributed by atoms with Crippen LogP contribution in [0.25, 0.3) is 33.4 Å². The van der Waals surface area contributed by atoms with E-state index in [1.54, 1.807) is 21.7 Å². The fourth-order valence-corrected chi connectivity index (χ4v) is 4.13. The second kappa shape index (κ2) is 9.11. The van der Waals surface area contributed by atoms with E-state index in [0.717, 1.165) is 22.2 Å². The third-order valence-corrected chi connectivity index (χ3v) is 5.75. The van der Waals surface area contributed by atoms with Gasteiger partial charge in [-0.1, -0.05) is 30.3 Å². The lowest BCUT2D eigenvalue weighted by Crippen LogP contribution is -2.45. The van der Waals surface area contributed by atoms with E-state index in [9.17, 15) is 4.79 Å². The number of ether oxygens (including phenoxy) is 3. The van der Waals surface area contributed by atoms with Crippen LogP contribution in [0.4, 0.5) is 4.79 Å². The zero-order valence-corrected chi connectivity index (χ0v) is 19.3. The molecular formula is C25H25N5O4. The first-order valence-electron chi connectivity index (χ1n) is 11.0. The molecule has 0 N–H and O–H groups in total. The van der Waals surface area contributed by atoms with E-state index in [1.807, 2.05) is 50.5 Å². The van der Waals surface area contributed by atoms with Gasteiger partial charge in [0.05, 0.1) is 37.6 Å². The summed E-state index contributed by atoms with van der Waals surface area (Å²) in [6.07, 6.45) is 2.95. The number of methoxy groups -OCH3 is 1. The first-order chi connectivity index (χ1) is 16.5. The summed E-state index contributed by atoms with van der Waals surface area (Å²) in [6, 6.07) is 13.4. The highest BCUT2D eigenvalue weighted by Gasteiger charge is 2.25. The zero-order valence-electron chi connectivity index (χ0n) is 19.3. The molecule has 0 bridgehead atoms. The number of hydrogen-bond donors (Lipinski definition) is 0. The molecule has 9 heteroatoms. The first-order valence-corrected chi connectivity index (χ1v) is 11.0. The molecule has 0 saturated carbocycles. The smallest absolute Gasteiger partial charge is 0.415 e. The number of fused-ring (bicyclic) bond motifs is 1. The molecule has 1 unspecified atom stereocenters. The Balaban J connectivity index is 1.59. The molecule has 3 heterocycles. The van der Waals surface area contributed by atoms with Crippen molar-refractivity contribution < 1.29 is 19.0 Å². The number of carbonyl (C=O) groups is 1. The molecule has 1 atom stereocenters. The number of benzene rings is 2. The van der Waals surface area contributed by atoms with E-state index in [1.165, 1.54) is 13.4 Å². The van der Waals surface area contributed by atoms with E-state index >= 15 is 0 Å². The van der Waals surface area contributed by atoms with Gasteiger partial charge < -0.3 is 19.1 Å². The Morgan fingerprint density at radius 2 is 1.94 bits per heavy atom. The molecule has 34 heavy (non-hydrogen) atoms. The molecule has 1 aliphatic heterocycles. The number of hydrogen-bond acceptors (Lipinski definition) is 7. The molecule has 0 spiro atoms. The number of morpholine rings is 1. The second-order valence-electron chi connectivity index (χ2n) is 8.17. The van der Waals surface area contributed by atoms with Gasteiger partial charge in [0.15, 0.2) is 11.5 Å². The van der Waals surface area contributed by atoms with Gasteiger partial charge in [-0.3, -0.25) is 4.68 Å². The highest BCUT2D eigenvalue weighted by atomic mass is 16.6. The van der Waals surface area contributed by atoms with Crippen molar-refractivity contribution in [1.82, 2.24) is 24.6 Å². The number of amides is 1. The van der Waals surface area contributed by atoms with Crippen LogP contribution in [0.3, 0.4) is 0 Å². The van der Waals surface area contributed by atoms with E-state index in [0.29, 0.717) is 42.4 Å². The fourth-order valence-electron chi connectivity index (χ4n) is 4.13. The highest BCUT2D eigenvalue weighted by molar-refractivity contribution is 5.97. The van der Waals surface area contributed by atoms with E-state index in [-0.39, 0.29) is 6.10 Å². The summed E-state index contributed by atoms with van der Waals surface area (Å²) >= 11 is 0. The average Bonchev–Trinajstić information content (AvgIpc) is 3.25. The molecular weight excluding hydrogens is 434 g/mol. The van der Waals surface area contributed by atoms with Crippen LogP contribution >= 0.6 is 0 Å². The first kappa shape index (κ1) is 21.8. The van der Waals surface area contributed by atoms with E-state index in [2.05, 4.69) is 15.1 Å². The minimum Gasteiger partial charge on any atom is -0.493 e. The highest BCUT2D eigenvalue weighted by Crippen LogP contribution is 2.38. The molecule has 4 aromatic rings. The SMILES string of the molecule is COc1cc2ncnc(-c3cn(C)nc3-c3ccccc3)c2cc1OC(=O)N1CCOC(C)C1. The predicted octanol–water partition coefficient (Wildman–Crippen LogP) is 3.93. The van der Waals surface area contributed by atoms with Gasteiger partial charge >= 0.3 is 6.09 Å². The summed E-state index contributed by atoms with van der Waals surface area (Å²) in [5, 5.41) is 5.39. The quantitative estimate of drug-likeness (QED) is 0.457. The van der Waals surface area contributed by atoms with Crippen molar-refractivity contribution in [3.05, 3.63) is 55.0 Å². The molecule has 1 amide bonds. The van der Waals surface area contributed by atoms with Crippen LogP contribution in [0, 0.1) is 0 Å². The Hall–Kier alpha value is -3.98. The summed E-state index contributed by atoms with van der Waals surface area (Å²) in [4.78, 5) is 23.5. The molecule has 0 aliphatic carbocycles. The Morgan fingerprint density at radius 3 is 2.71 bits per heavy atom. The summed E-state index contributed by atoms with van der Waals surface area (Å²) < 4.78 is 18.6. The van der Waals surface area contributed by atoms with Crippen molar-refractivity contribution in [1.29, 1.82) is 0 Å². The van der Waals surface area contributed by atoms with Crippen LogP contribution in [0.1, 0.15) is 6.92 Å². The third kappa shape index (κ3) is 4.17. The molecule has 5 rings (SSSR count). The van der Waals surface area contributed by atoms with Gasteiger partial charge in [-0.05, 0) is 13.0 Å². The van der Waals surface area contributed by atoms with Crippen LogP contribution in [0.15, 0.2) is 55.0 Å². The number of aryl methyl sites for hydroxylation is 1. The Morgan fingerprint density at radius 1 is 1.12 bits per heavy atom. The van der Waals surface area contributed by atoms with E-state index < -0.39 is 6.09 Å². The zero-order chi connectivity index (χ0) is 23.7. The molecule has 0 radical (unpaired) electrons. The Labute approximate surface area is 196 Å². The Bertz CT molecular complexity index is 1340. The van der Waals surface area contributed by atoms with Crippen molar-refractivity contribution in [2.75, 3.05) is 26.8 Å². The third-order valence-electron chi connectivity index (χ3n) is 5.75. The van der Waals surface area contributed by atoms with Gasteiger partial charge in [-0.25, -0.2) is 14.8 Å². The molecule has 174 valence electrons. The fraction of sp³-hybridized carbons (Fsp3) is 0.280. The summed E-state index contributed by atoms with van der Waals surface area (Å²) in [6.45, 7) is 3.35. The number of nitrogens with zero attached hydrogens (tertiary/aromatic N) is 5. The van der Waals surface area contributed by atoms with Crippen molar-refractivity contribution in [2.24, 2.45) is 7.05 Å². The maximum atomic E-state index is 12.9. The summed E-state index contributed by atoms with van der Waals surface area (Å²) in [7, 11) is 3.41. The maximum absolute atomic E-state index is 12.9. The van der Waals surface area contributed by atoms with Crippen molar-refractivity contribution >= 4 is 17.0 Å². The van der Waals surface area contributed by atoms with Gasteiger partial charge in [-0.2, -0.15) is 5.10 Å². The lowest BCUT2D eigenvalue weighted by molar-refractivity contribution is -0.0106. The topological polar surface area (TPSA) is 91.6 Å². The average molecular weight is 460 g/mol. The molecule has 2 aromatic heterocycles. The van der Waals surface area contributed by atoms with Gasteiger partial charge in [0.2, 0.25) is 0 Å². The van der Waals surface area contributed by atoms with Crippen LogP contribution in [-0.2, 0) is 11.8 Å². The monoisotopic (exact) mass is 459 g/mol. The standard InChI is InChI=1S/C25H25N5O4/c1-16-13-30(9-10-33-16)25(31)34-22-11-18-20(12-21(22)32-3)26-15-27-24(18)19-14-29(2)28-23(19)17-7-5-4-6-8-17/h4-8,11-12,14-16H,9-10,13H2,1-3H3. The number of rotatable bonds is 4. The molecule has 9 nitrogen and oxygen atoms in total. The predicted molar refractivity (Wildman–Crippen MR) is 127 cm³/mol. The molecule has 1 fully saturated rings. The van der Waals surface area contributed by atoms with E-state index in [4.69, 9.17) is 14.2 Å².